The highest BCUT2D eigenvalue weighted by Crippen LogP contribution is 2.19. The number of benzene rings is 1. The van der Waals surface area contributed by atoms with Crippen LogP contribution >= 0.6 is 0 Å². The van der Waals surface area contributed by atoms with E-state index in [0.717, 1.165) is 39.0 Å². The molecule has 2 N–H and O–H groups in total. The lowest BCUT2D eigenvalue weighted by atomic mass is 9.93. The van der Waals surface area contributed by atoms with Crippen LogP contribution in [0.25, 0.3) is 0 Å². The molecule has 4 nitrogen and oxygen atoms in total. The van der Waals surface area contributed by atoms with Gasteiger partial charge in [0.1, 0.15) is 0 Å². The molecule has 2 heterocycles. The second-order valence-electron chi connectivity index (χ2n) is 7.79. The molecule has 1 aromatic rings. The molecule has 2 unspecified atom stereocenters. The normalized spacial score (nSPS) is 27.5. The average Bonchev–Trinajstić information content (AvgIpc) is 2.57. The Morgan fingerprint density at radius 3 is 2.50 bits per heavy atom. The third-order valence-corrected chi connectivity index (χ3v) is 5.73. The van der Waals surface area contributed by atoms with Crippen molar-refractivity contribution in [2.75, 3.05) is 33.2 Å². The number of aliphatic hydroxyl groups is 1. The van der Waals surface area contributed by atoms with Gasteiger partial charge in [-0.25, -0.2) is 0 Å². The molecule has 2 atom stereocenters. The fourth-order valence-corrected chi connectivity index (χ4v) is 4.10. The van der Waals surface area contributed by atoms with Crippen molar-refractivity contribution in [3.63, 3.8) is 0 Å². The van der Waals surface area contributed by atoms with E-state index in [-0.39, 0.29) is 6.10 Å². The van der Waals surface area contributed by atoms with Gasteiger partial charge in [-0.1, -0.05) is 31.2 Å². The number of aliphatic hydroxyl groups excluding tert-OH is 1. The summed E-state index contributed by atoms with van der Waals surface area (Å²) in [5.74, 6) is 0.708. The number of hydrogen-bond donors (Lipinski definition) is 2. The standard InChI is InChI=1S/C20H33N3O/c1-16-14-22(2)10-9-20(16)21-13-17-5-3-4-6-18(17)15-23-11-7-19(24)8-12-23/h3-6,16,19-21,24H,7-15H2,1-2H3. The Bertz CT molecular complexity index is 513. The molecule has 2 aliphatic rings. The van der Waals surface area contributed by atoms with Crippen LogP contribution in [0.3, 0.4) is 0 Å². The van der Waals surface area contributed by atoms with Crippen molar-refractivity contribution in [2.45, 2.75) is 51.4 Å². The van der Waals surface area contributed by atoms with Gasteiger partial charge in [0.25, 0.3) is 0 Å². The van der Waals surface area contributed by atoms with Gasteiger partial charge >= 0.3 is 0 Å². The Kier molecular flexibility index (Phi) is 6.28. The molecule has 0 amide bonds. The van der Waals surface area contributed by atoms with Crippen LogP contribution in [0.15, 0.2) is 24.3 Å². The summed E-state index contributed by atoms with van der Waals surface area (Å²) < 4.78 is 0. The van der Waals surface area contributed by atoms with Crippen LogP contribution in [0.1, 0.15) is 37.3 Å². The Hall–Kier alpha value is -0.940. The van der Waals surface area contributed by atoms with E-state index >= 15 is 0 Å². The second kappa shape index (κ2) is 8.43. The third kappa shape index (κ3) is 4.79. The van der Waals surface area contributed by atoms with Gasteiger partial charge in [-0.05, 0) is 49.9 Å². The minimum Gasteiger partial charge on any atom is -0.393 e. The van der Waals surface area contributed by atoms with Crippen LogP contribution in [0.2, 0.25) is 0 Å². The maximum Gasteiger partial charge on any atom is 0.0564 e. The summed E-state index contributed by atoms with van der Waals surface area (Å²) in [6.07, 6.45) is 2.97. The quantitative estimate of drug-likeness (QED) is 0.866. The molecular weight excluding hydrogens is 298 g/mol. The topological polar surface area (TPSA) is 38.7 Å². The molecule has 0 spiro atoms. The number of likely N-dealkylation sites (tertiary alicyclic amines) is 2. The first-order valence-corrected chi connectivity index (χ1v) is 9.51. The maximum absolute atomic E-state index is 9.68. The molecular formula is C20H33N3O. The van der Waals surface area contributed by atoms with Gasteiger partial charge in [-0.3, -0.25) is 4.90 Å². The first-order valence-electron chi connectivity index (χ1n) is 9.51. The summed E-state index contributed by atoms with van der Waals surface area (Å²) in [4.78, 5) is 4.91. The van der Waals surface area contributed by atoms with Gasteiger partial charge in [-0.2, -0.15) is 0 Å². The number of rotatable bonds is 5. The fraction of sp³-hybridized carbons (Fsp3) is 0.700. The van der Waals surface area contributed by atoms with E-state index in [1.54, 1.807) is 0 Å². The molecule has 0 aromatic heterocycles. The highest BCUT2D eigenvalue weighted by molar-refractivity contribution is 5.27. The average molecular weight is 332 g/mol. The molecule has 0 saturated carbocycles. The molecule has 134 valence electrons. The molecule has 4 heteroatoms. The van der Waals surface area contributed by atoms with E-state index in [4.69, 9.17) is 0 Å². The van der Waals surface area contributed by atoms with Gasteiger partial charge in [0.05, 0.1) is 6.10 Å². The molecule has 0 bridgehead atoms. The minimum atomic E-state index is -0.0934. The predicted molar refractivity (Wildman–Crippen MR) is 98.9 cm³/mol. The summed E-state index contributed by atoms with van der Waals surface area (Å²) in [7, 11) is 2.22. The van der Waals surface area contributed by atoms with Gasteiger partial charge in [-0.15, -0.1) is 0 Å². The Labute approximate surface area is 146 Å². The number of nitrogens with zero attached hydrogens (tertiary/aromatic N) is 2. The summed E-state index contributed by atoms with van der Waals surface area (Å²) in [5.41, 5.74) is 2.86. The van der Waals surface area contributed by atoms with Gasteiger partial charge in [0.15, 0.2) is 0 Å². The number of nitrogens with one attached hydrogen (secondary N) is 1. The SMILES string of the molecule is CC1CN(C)CCC1NCc1ccccc1CN1CCC(O)CC1. The highest BCUT2D eigenvalue weighted by Gasteiger charge is 2.24. The Morgan fingerprint density at radius 2 is 1.79 bits per heavy atom. The van der Waals surface area contributed by atoms with E-state index < -0.39 is 0 Å². The van der Waals surface area contributed by atoms with Crippen LogP contribution in [0, 0.1) is 5.92 Å². The summed E-state index contributed by atoms with van der Waals surface area (Å²) in [6, 6.07) is 9.45. The van der Waals surface area contributed by atoms with Crippen molar-refractivity contribution in [3.05, 3.63) is 35.4 Å². The van der Waals surface area contributed by atoms with E-state index in [1.165, 1.54) is 30.6 Å². The molecule has 3 rings (SSSR count). The van der Waals surface area contributed by atoms with E-state index in [2.05, 4.69) is 53.4 Å². The van der Waals surface area contributed by atoms with Crippen LogP contribution in [0.4, 0.5) is 0 Å². The van der Waals surface area contributed by atoms with Gasteiger partial charge in [0, 0.05) is 38.8 Å². The zero-order valence-electron chi connectivity index (χ0n) is 15.2. The van der Waals surface area contributed by atoms with Crippen LogP contribution < -0.4 is 5.32 Å². The molecule has 2 aliphatic heterocycles. The monoisotopic (exact) mass is 331 g/mol. The zero-order valence-corrected chi connectivity index (χ0v) is 15.2. The van der Waals surface area contributed by atoms with Crippen molar-refractivity contribution in [2.24, 2.45) is 5.92 Å². The van der Waals surface area contributed by atoms with Crippen LogP contribution in [0.5, 0.6) is 0 Å². The lowest BCUT2D eigenvalue weighted by molar-refractivity contribution is 0.0791. The lowest BCUT2D eigenvalue weighted by Gasteiger charge is -2.35. The smallest absolute Gasteiger partial charge is 0.0564 e. The van der Waals surface area contributed by atoms with Crippen molar-refractivity contribution < 1.29 is 5.11 Å². The van der Waals surface area contributed by atoms with Gasteiger partial charge < -0.3 is 15.3 Å². The molecule has 0 aliphatic carbocycles. The van der Waals surface area contributed by atoms with Crippen molar-refractivity contribution in [3.8, 4) is 0 Å². The molecule has 0 radical (unpaired) electrons. The van der Waals surface area contributed by atoms with E-state index in [1.807, 2.05) is 0 Å². The highest BCUT2D eigenvalue weighted by atomic mass is 16.3. The summed E-state index contributed by atoms with van der Waals surface area (Å²) >= 11 is 0. The van der Waals surface area contributed by atoms with Crippen LogP contribution in [-0.4, -0.2) is 60.3 Å². The molecule has 2 fully saturated rings. The largest absolute Gasteiger partial charge is 0.393 e. The van der Waals surface area contributed by atoms with Gasteiger partial charge in [0.2, 0.25) is 0 Å². The van der Waals surface area contributed by atoms with Crippen LogP contribution in [-0.2, 0) is 13.1 Å². The predicted octanol–water partition coefficient (Wildman–Crippen LogP) is 2.07. The first-order chi connectivity index (χ1) is 11.6. The van der Waals surface area contributed by atoms with Crippen molar-refractivity contribution in [1.29, 1.82) is 0 Å². The molecule has 24 heavy (non-hydrogen) atoms. The maximum atomic E-state index is 9.68. The number of hydrogen-bond acceptors (Lipinski definition) is 4. The zero-order chi connectivity index (χ0) is 16.9. The first kappa shape index (κ1) is 17.9. The third-order valence-electron chi connectivity index (χ3n) is 5.73. The number of piperidine rings is 2. The molecule has 2 saturated heterocycles. The minimum absolute atomic E-state index is 0.0934. The fourth-order valence-electron chi connectivity index (χ4n) is 4.10. The lowest BCUT2D eigenvalue weighted by Crippen LogP contribution is -2.46. The Balaban J connectivity index is 1.56. The van der Waals surface area contributed by atoms with Crippen molar-refractivity contribution in [1.82, 2.24) is 15.1 Å². The van der Waals surface area contributed by atoms with E-state index in [0.29, 0.717) is 12.0 Å². The summed E-state index contributed by atoms with van der Waals surface area (Å²) in [5, 5.41) is 13.5. The Morgan fingerprint density at radius 1 is 1.08 bits per heavy atom. The van der Waals surface area contributed by atoms with E-state index in [9.17, 15) is 5.11 Å². The summed E-state index contributed by atoms with van der Waals surface area (Å²) in [6.45, 7) is 8.73. The molecule has 1 aromatic carbocycles. The van der Waals surface area contributed by atoms with Crippen molar-refractivity contribution >= 4 is 0 Å². The second-order valence-corrected chi connectivity index (χ2v) is 7.79.